The Bertz CT molecular complexity index is 828. The minimum Gasteiger partial charge on any atom is -0.459 e. The minimum absolute atomic E-state index is 0.0647. The molecule has 0 saturated heterocycles. The zero-order valence-electron chi connectivity index (χ0n) is 11.6. The zero-order chi connectivity index (χ0) is 17.9. The molecule has 2 rings (SSSR count). The van der Waals surface area contributed by atoms with Crippen LogP contribution in [-0.4, -0.2) is 25.5 Å². The highest BCUT2D eigenvalue weighted by molar-refractivity contribution is 6.68. The molecule has 2 aromatic heterocycles. The van der Waals surface area contributed by atoms with Crippen LogP contribution in [0.25, 0.3) is 0 Å². The summed E-state index contributed by atoms with van der Waals surface area (Å²) in [4.78, 5) is 36.1. The Hall–Kier alpha value is -1.81. The van der Waals surface area contributed by atoms with E-state index < -0.39 is 39.7 Å². The molecule has 0 aliphatic rings. The summed E-state index contributed by atoms with van der Waals surface area (Å²) in [6, 6.07) is 2.84. The molecule has 2 heterocycles. The first-order valence-electron chi connectivity index (χ1n) is 6.20. The lowest BCUT2D eigenvalue weighted by atomic mass is 10.4. The van der Waals surface area contributed by atoms with Gasteiger partial charge in [-0.05, 0) is 12.1 Å². The molecule has 0 spiro atoms. The highest BCUT2D eigenvalue weighted by atomic mass is 35.6. The molecule has 2 N–H and O–H groups in total. The Balaban J connectivity index is 2.13. The van der Waals surface area contributed by atoms with Gasteiger partial charge in [-0.15, -0.1) is 0 Å². The van der Waals surface area contributed by atoms with E-state index in [1.54, 1.807) is 4.98 Å². The quantitative estimate of drug-likeness (QED) is 0.582. The number of ether oxygens (including phenoxy) is 1. The summed E-state index contributed by atoms with van der Waals surface area (Å²) in [5.41, 5.74) is -2.12. The van der Waals surface area contributed by atoms with E-state index in [1.807, 2.05) is 0 Å². The lowest BCUT2D eigenvalue weighted by Crippen LogP contribution is -2.46. The molecule has 0 bridgehead atoms. The van der Waals surface area contributed by atoms with Crippen molar-refractivity contribution < 1.29 is 18.3 Å². The smallest absolute Gasteiger partial charge is 0.330 e. The van der Waals surface area contributed by atoms with Crippen molar-refractivity contribution in [2.24, 2.45) is 0 Å². The number of carbonyl (C=O) groups is 1. The summed E-state index contributed by atoms with van der Waals surface area (Å²) in [6.45, 7) is -0.608. The van der Waals surface area contributed by atoms with Crippen molar-refractivity contribution in [2.45, 2.75) is 16.8 Å². The van der Waals surface area contributed by atoms with E-state index in [0.717, 1.165) is 0 Å². The maximum Gasteiger partial charge on any atom is 0.330 e. The van der Waals surface area contributed by atoms with Crippen LogP contribution in [0.5, 0.6) is 0 Å². The fraction of sp³-hybridized carbons (Fsp3) is 0.250. The normalized spacial score (nSPS) is 12.8. The van der Waals surface area contributed by atoms with Crippen molar-refractivity contribution in [3.63, 3.8) is 0 Å². The van der Waals surface area contributed by atoms with E-state index in [9.17, 15) is 18.8 Å². The van der Waals surface area contributed by atoms with Gasteiger partial charge in [0.05, 0.1) is 12.5 Å². The molecule has 8 nitrogen and oxygen atoms in total. The van der Waals surface area contributed by atoms with Gasteiger partial charge in [0, 0.05) is 0 Å². The van der Waals surface area contributed by atoms with Crippen molar-refractivity contribution >= 4 is 40.7 Å². The van der Waals surface area contributed by atoms with E-state index >= 15 is 0 Å². The number of hydrogen-bond acceptors (Lipinski definition) is 5. The zero-order valence-corrected chi connectivity index (χ0v) is 13.9. The van der Waals surface area contributed by atoms with E-state index in [2.05, 4.69) is 5.32 Å². The van der Waals surface area contributed by atoms with Crippen molar-refractivity contribution in [3.05, 3.63) is 57.0 Å². The Kier molecular flexibility index (Phi) is 5.70. The number of carbonyl (C=O) groups excluding carboxylic acids is 1. The summed E-state index contributed by atoms with van der Waals surface area (Å²) in [5, 5.41) is 2.24. The third-order valence-electron chi connectivity index (χ3n) is 2.65. The monoisotopic (exact) mass is 399 g/mol. The van der Waals surface area contributed by atoms with E-state index in [-0.39, 0.29) is 5.76 Å². The first-order chi connectivity index (χ1) is 11.2. The molecule has 12 heteroatoms. The second kappa shape index (κ2) is 7.39. The van der Waals surface area contributed by atoms with Crippen LogP contribution in [0.2, 0.25) is 0 Å². The maximum atomic E-state index is 13.2. The van der Waals surface area contributed by atoms with Crippen molar-refractivity contribution in [2.75, 3.05) is 0 Å². The topological polar surface area (TPSA) is 106 Å². The molecule has 1 unspecified atom stereocenters. The molecule has 1 amide bonds. The predicted molar refractivity (Wildman–Crippen MR) is 82.6 cm³/mol. The molecular weight excluding hydrogens is 392 g/mol. The third-order valence-corrected chi connectivity index (χ3v) is 3.25. The SMILES string of the molecule is O=C(NC(OCn1cc(F)c(=O)[nH]c1=O)C(Cl)(Cl)Cl)c1ccco1. The average Bonchev–Trinajstić information content (AvgIpc) is 3.01. The van der Waals surface area contributed by atoms with Crippen LogP contribution in [0.1, 0.15) is 10.6 Å². The van der Waals surface area contributed by atoms with Crippen LogP contribution in [0.3, 0.4) is 0 Å². The Morgan fingerprint density at radius 2 is 2.17 bits per heavy atom. The number of nitrogens with one attached hydrogen (secondary N) is 2. The average molecular weight is 401 g/mol. The molecule has 0 saturated carbocycles. The first-order valence-corrected chi connectivity index (χ1v) is 7.34. The number of aromatic amines is 1. The molecule has 0 fully saturated rings. The lowest BCUT2D eigenvalue weighted by molar-refractivity contribution is -0.0106. The van der Waals surface area contributed by atoms with Gasteiger partial charge in [-0.25, -0.2) is 4.79 Å². The van der Waals surface area contributed by atoms with Crippen LogP contribution in [0.15, 0.2) is 38.6 Å². The van der Waals surface area contributed by atoms with Crippen LogP contribution in [0.4, 0.5) is 4.39 Å². The van der Waals surface area contributed by atoms with Gasteiger partial charge >= 0.3 is 5.69 Å². The van der Waals surface area contributed by atoms with Crippen molar-refractivity contribution in [1.29, 1.82) is 0 Å². The van der Waals surface area contributed by atoms with Gasteiger partial charge in [-0.3, -0.25) is 19.1 Å². The molecule has 0 aliphatic carbocycles. The molecule has 0 aromatic carbocycles. The number of furan rings is 1. The summed E-state index contributed by atoms with van der Waals surface area (Å²) >= 11 is 17.1. The molecule has 2 aromatic rings. The minimum atomic E-state index is -2.10. The number of aromatic nitrogens is 2. The summed E-state index contributed by atoms with van der Waals surface area (Å²) in [5.74, 6) is -2.01. The molecule has 24 heavy (non-hydrogen) atoms. The standard InChI is InChI=1S/C12H9Cl3FN3O5/c13-12(14,15)10(17-9(21)7-2-1-3-23-7)24-5-19-4-6(16)8(20)18-11(19)22/h1-4,10H,5H2,(H,17,21)(H,18,20,22). The Morgan fingerprint density at radius 3 is 2.75 bits per heavy atom. The second-order valence-corrected chi connectivity index (χ2v) is 6.74. The van der Waals surface area contributed by atoms with Crippen LogP contribution in [-0.2, 0) is 11.5 Å². The third kappa shape index (κ3) is 4.60. The van der Waals surface area contributed by atoms with E-state index in [4.69, 9.17) is 44.0 Å². The van der Waals surface area contributed by atoms with E-state index in [0.29, 0.717) is 10.8 Å². The molecule has 1 atom stereocenters. The highest BCUT2D eigenvalue weighted by Gasteiger charge is 2.35. The maximum absolute atomic E-state index is 13.2. The molecular formula is C12H9Cl3FN3O5. The second-order valence-electron chi connectivity index (χ2n) is 4.37. The number of halogens is 4. The van der Waals surface area contributed by atoms with E-state index in [1.165, 1.54) is 18.4 Å². The van der Waals surface area contributed by atoms with Crippen molar-refractivity contribution in [1.82, 2.24) is 14.9 Å². The van der Waals surface area contributed by atoms with Crippen LogP contribution < -0.4 is 16.6 Å². The summed E-state index contributed by atoms with van der Waals surface area (Å²) in [7, 11) is 0. The van der Waals surface area contributed by atoms with Crippen LogP contribution >= 0.6 is 34.8 Å². The Labute approximate surface area is 148 Å². The van der Waals surface area contributed by atoms with Gasteiger partial charge < -0.3 is 14.5 Å². The number of hydrogen-bond donors (Lipinski definition) is 2. The lowest BCUT2D eigenvalue weighted by Gasteiger charge is -2.25. The summed E-state index contributed by atoms with van der Waals surface area (Å²) in [6.07, 6.45) is 0.384. The highest BCUT2D eigenvalue weighted by Crippen LogP contribution is 2.31. The van der Waals surface area contributed by atoms with Gasteiger partial charge in [-0.1, -0.05) is 34.8 Å². The largest absolute Gasteiger partial charge is 0.459 e. The number of amides is 1. The van der Waals surface area contributed by atoms with Gasteiger partial charge in [0.25, 0.3) is 11.5 Å². The molecule has 130 valence electrons. The fourth-order valence-corrected chi connectivity index (χ4v) is 1.90. The number of rotatable bonds is 5. The molecule has 0 aliphatic heterocycles. The van der Waals surface area contributed by atoms with Gasteiger partial charge in [-0.2, -0.15) is 4.39 Å². The van der Waals surface area contributed by atoms with Crippen molar-refractivity contribution in [3.8, 4) is 0 Å². The summed E-state index contributed by atoms with van der Waals surface area (Å²) < 4.78 is 21.8. The van der Waals surface area contributed by atoms with Gasteiger partial charge in [0.1, 0.15) is 6.73 Å². The first kappa shape index (κ1) is 18.5. The number of H-pyrrole nitrogens is 1. The van der Waals surface area contributed by atoms with Gasteiger partial charge in [0.2, 0.25) is 9.61 Å². The predicted octanol–water partition coefficient (Wildman–Crippen LogP) is 1.37. The van der Waals surface area contributed by atoms with Gasteiger partial charge in [0.15, 0.2) is 12.0 Å². The Morgan fingerprint density at radius 1 is 1.46 bits per heavy atom. The number of alkyl halides is 3. The number of nitrogens with zero attached hydrogens (tertiary/aromatic N) is 1. The fourth-order valence-electron chi connectivity index (χ4n) is 1.55. The van der Waals surface area contributed by atoms with Crippen LogP contribution in [0, 0.1) is 5.82 Å². The molecule has 0 radical (unpaired) electrons.